The first kappa shape index (κ1) is 17.4. The lowest BCUT2D eigenvalue weighted by molar-refractivity contribution is 0.0952. The fourth-order valence-corrected chi connectivity index (χ4v) is 2.88. The van der Waals surface area contributed by atoms with Gasteiger partial charge in [0.15, 0.2) is 5.69 Å². The lowest BCUT2D eigenvalue weighted by Crippen LogP contribution is -2.28. The molecule has 1 aromatic heterocycles. The summed E-state index contributed by atoms with van der Waals surface area (Å²) in [4.78, 5) is 24.9. The summed E-state index contributed by atoms with van der Waals surface area (Å²) < 4.78 is 0. The van der Waals surface area contributed by atoms with Gasteiger partial charge >= 0.3 is 0 Å². The topological polar surface area (TPSA) is 98.9 Å². The zero-order valence-corrected chi connectivity index (χ0v) is 14.4. The number of hydrogen-bond donors (Lipinski definition) is 4. The van der Waals surface area contributed by atoms with Crippen molar-refractivity contribution < 1.29 is 9.59 Å². The number of hydrogen-bond acceptors (Lipinski definition) is 4. The summed E-state index contributed by atoms with van der Waals surface area (Å²) in [6.45, 7) is 1.50. The minimum absolute atomic E-state index is 0. The van der Waals surface area contributed by atoms with E-state index in [4.69, 9.17) is 0 Å². The van der Waals surface area contributed by atoms with E-state index in [0.29, 0.717) is 23.5 Å². The number of halogens is 1. The van der Waals surface area contributed by atoms with E-state index in [1.165, 1.54) is 0 Å². The minimum atomic E-state index is -0.303. The largest absolute Gasteiger partial charge is 0.349 e. The fraction of sp³-hybridized carbons (Fsp3) is 0.353. The zero-order valence-electron chi connectivity index (χ0n) is 13.6. The SMILES string of the molecule is Cl.O=C(NC1CC1)c1ccccc1NC(=O)c1n[nH]c2c1CNCC2. The van der Waals surface area contributed by atoms with Gasteiger partial charge in [-0.1, -0.05) is 12.1 Å². The van der Waals surface area contributed by atoms with Gasteiger partial charge in [-0.2, -0.15) is 5.10 Å². The first-order chi connectivity index (χ1) is 11.7. The van der Waals surface area contributed by atoms with E-state index < -0.39 is 0 Å². The fourth-order valence-electron chi connectivity index (χ4n) is 2.88. The predicted molar refractivity (Wildman–Crippen MR) is 96.1 cm³/mol. The number of nitrogens with zero attached hydrogens (tertiary/aromatic N) is 1. The van der Waals surface area contributed by atoms with Crippen LogP contribution in [0.4, 0.5) is 5.69 Å². The van der Waals surface area contributed by atoms with Crippen LogP contribution in [0, 0.1) is 0 Å². The lowest BCUT2D eigenvalue weighted by atomic mass is 10.1. The Balaban J connectivity index is 0.00000182. The van der Waals surface area contributed by atoms with Crippen LogP contribution in [0.2, 0.25) is 0 Å². The molecule has 4 rings (SSSR count). The molecule has 0 unspecified atom stereocenters. The average Bonchev–Trinajstić information content (AvgIpc) is 3.30. The summed E-state index contributed by atoms with van der Waals surface area (Å²) in [5.41, 5.74) is 3.26. The van der Waals surface area contributed by atoms with Crippen LogP contribution in [-0.4, -0.2) is 34.6 Å². The van der Waals surface area contributed by atoms with Crippen LogP contribution in [0.15, 0.2) is 24.3 Å². The first-order valence-electron chi connectivity index (χ1n) is 8.20. The van der Waals surface area contributed by atoms with E-state index in [1.807, 2.05) is 0 Å². The summed E-state index contributed by atoms with van der Waals surface area (Å²) >= 11 is 0. The molecule has 2 aromatic rings. The summed E-state index contributed by atoms with van der Waals surface area (Å²) in [5, 5.41) is 16.1. The molecule has 1 aliphatic carbocycles. The van der Waals surface area contributed by atoms with Crippen molar-refractivity contribution in [1.82, 2.24) is 20.8 Å². The minimum Gasteiger partial charge on any atom is -0.349 e. The molecule has 0 saturated heterocycles. The molecule has 1 aliphatic heterocycles. The average molecular weight is 362 g/mol. The van der Waals surface area contributed by atoms with Crippen molar-refractivity contribution in [2.45, 2.75) is 31.8 Å². The van der Waals surface area contributed by atoms with Gasteiger partial charge in [-0.25, -0.2) is 0 Å². The number of benzene rings is 1. The van der Waals surface area contributed by atoms with Crippen LogP contribution in [0.3, 0.4) is 0 Å². The maximum Gasteiger partial charge on any atom is 0.276 e. The Hall–Kier alpha value is -2.38. The Morgan fingerprint density at radius 3 is 2.76 bits per heavy atom. The Labute approximate surface area is 151 Å². The van der Waals surface area contributed by atoms with Crippen molar-refractivity contribution in [3.8, 4) is 0 Å². The quantitative estimate of drug-likeness (QED) is 0.665. The first-order valence-corrected chi connectivity index (χ1v) is 8.20. The maximum absolute atomic E-state index is 12.6. The molecular weight excluding hydrogens is 342 g/mol. The smallest absolute Gasteiger partial charge is 0.276 e. The van der Waals surface area contributed by atoms with Crippen LogP contribution >= 0.6 is 12.4 Å². The third-order valence-corrected chi connectivity index (χ3v) is 4.35. The highest BCUT2D eigenvalue weighted by Gasteiger charge is 2.26. The molecule has 132 valence electrons. The number of carbonyl (C=O) groups is 2. The van der Waals surface area contributed by atoms with Crippen LogP contribution in [0.1, 0.15) is 44.9 Å². The summed E-state index contributed by atoms with van der Waals surface area (Å²) in [7, 11) is 0. The molecule has 7 nitrogen and oxygen atoms in total. The molecule has 1 fully saturated rings. The van der Waals surface area contributed by atoms with Crippen LogP contribution in [0.25, 0.3) is 0 Å². The maximum atomic E-state index is 12.6. The van der Waals surface area contributed by atoms with Crippen molar-refractivity contribution in [3.05, 3.63) is 46.8 Å². The van der Waals surface area contributed by atoms with Crippen molar-refractivity contribution >= 4 is 29.9 Å². The number of aromatic nitrogens is 2. The molecule has 2 aliphatic rings. The molecule has 0 spiro atoms. The van der Waals surface area contributed by atoms with Gasteiger partial charge in [0.25, 0.3) is 11.8 Å². The highest BCUT2D eigenvalue weighted by Crippen LogP contribution is 2.22. The van der Waals surface area contributed by atoms with Gasteiger partial charge in [-0.15, -0.1) is 12.4 Å². The number of carbonyl (C=O) groups excluding carboxylic acids is 2. The van der Waals surface area contributed by atoms with E-state index >= 15 is 0 Å². The number of nitrogens with one attached hydrogen (secondary N) is 4. The second-order valence-corrected chi connectivity index (χ2v) is 6.20. The molecule has 8 heteroatoms. The molecule has 2 heterocycles. The predicted octanol–water partition coefficient (Wildman–Crippen LogP) is 1.62. The number of aromatic amines is 1. The number of H-pyrrole nitrogens is 1. The van der Waals surface area contributed by atoms with E-state index in [2.05, 4.69) is 26.1 Å². The Kier molecular flexibility index (Phi) is 5.06. The highest BCUT2D eigenvalue weighted by molar-refractivity contribution is 6.08. The Morgan fingerprint density at radius 2 is 1.96 bits per heavy atom. The van der Waals surface area contributed by atoms with Gasteiger partial charge in [0.05, 0.1) is 11.3 Å². The molecule has 1 aromatic carbocycles. The van der Waals surface area contributed by atoms with Gasteiger partial charge in [0.1, 0.15) is 0 Å². The molecule has 4 N–H and O–H groups in total. The van der Waals surface area contributed by atoms with Crippen LogP contribution in [0.5, 0.6) is 0 Å². The van der Waals surface area contributed by atoms with Crippen LogP contribution < -0.4 is 16.0 Å². The number of para-hydroxylation sites is 1. The lowest BCUT2D eigenvalue weighted by Gasteiger charge is -2.14. The second-order valence-electron chi connectivity index (χ2n) is 6.20. The number of anilines is 1. The molecule has 0 radical (unpaired) electrons. The van der Waals surface area contributed by atoms with Gasteiger partial charge in [0.2, 0.25) is 0 Å². The Bertz CT molecular complexity index is 800. The standard InChI is InChI=1S/C17H19N5O2.ClH/c23-16(19-10-5-6-10)11-3-1-2-4-13(11)20-17(24)15-12-9-18-8-7-14(12)21-22-15;/h1-4,10,18H,5-9H2,(H,19,23)(H,20,24)(H,21,22);1H. The number of fused-ring (bicyclic) bond motifs is 1. The van der Waals surface area contributed by atoms with Gasteiger partial charge in [-0.05, 0) is 25.0 Å². The van der Waals surface area contributed by atoms with Crippen molar-refractivity contribution in [2.24, 2.45) is 0 Å². The molecule has 2 amide bonds. The highest BCUT2D eigenvalue weighted by atomic mass is 35.5. The van der Waals surface area contributed by atoms with E-state index in [0.717, 1.165) is 37.1 Å². The molecule has 25 heavy (non-hydrogen) atoms. The van der Waals surface area contributed by atoms with Crippen LogP contribution in [-0.2, 0) is 13.0 Å². The monoisotopic (exact) mass is 361 g/mol. The summed E-state index contributed by atoms with van der Waals surface area (Å²) in [6, 6.07) is 7.31. The van der Waals surface area contributed by atoms with Crippen molar-refractivity contribution in [1.29, 1.82) is 0 Å². The van der Waals surface area contributed by atoms with Gasteiger partial charge in [0, 0.05) is 36.8 Å². The molecule has 0 atom stereocenters. The van der Waals surface area contributed by atoms with Gasteiger partial charge in [-0.3, -0.25) is 14.7 Å². The van der Waals surface area contributed by atoms with E-state index in [1.54, 1.807) is 24.3 Å². The number of rotatable bonds is 4. The van der Waals surface area contributed by atoms with Crippen molar-refractivity contribution in [3.63, 3.8) is 0 Å². The molecule has 0 bridgehead atoms. The molecule has 1 saturated carbocycles. The van der Waals surface area contributed by atoms with Crippen molar-refractivity contribution in [2.75, 3.05) is 11.9 Å². The van der Waals surface area contributed by atoms with Gasteiger partial charge < -0.3 is 16.0 Å². The number of amides is 2. The normalized spacial score (nSPS) is 15.7. The third-order valence-electron chi connectivity index (χ3n) is 4.35. The zero-order chi connectivity index (χ0) is 16.5. The molecular formula is C17H20ClN5O2. The second kappa shape index (κ2) is 7.25. The van der Waals surface area contributed by atoms with E-state index in [-0.39, 0.29) is 30.3 Å². The Morgan fingerprint density at radius 1 is 1.16 bits per heavy atom. The van der Waals surface area contributed by atoms with E-state index in [9.17, 15) is 9.59 Å². The summed E-state index contributed by atoms with van der Waals surface area (Å²) in [6.07, 6.45) is 2.87. The summed E-state index contributed by atoms with van der Waals surface area (Å²) in [5.74, 6) is -0.456. The third kappa shape index (κ3) is 3.67.